The highest BCUT2D eigenvalue weighted by Crippen LogP contribution is 2.51. The Hall–Kier alpha value is -4.88. The van der Waals surface area contributed by atoms with Gasteiger partial charge in [-0.2, -0.15) is 0 Å². The van der Waals surface area contributed by atoms with Gasteiger partial charge >= 0.3 is 12.1 Å². The maximum absolute atomic E-state index is 13.3. The summed E-state index contributed by atoms with van der Waals surface area (Å²) < 4.78 is 0. The van der Waals surface area contributed by atoms with Crippen LogP contribution in [0.2, 0.25) is 0 Å². The molecule has 0 aliphatic carbocycles. The molecule has 0 unspecified atom stereocenters. The molecule has 4 N–H and O–H groups in total. The summed E-state index contributed by atoms with van der Waals surface area (Å²) in [5, 5.41) is 31.9. The van der Waals surface area contributed by atoms with E-state index >= 15 is 0 Å². The van der Waals surface area contributed by atoms with Gasteiger partial charge in [-0.05, 0) is 0 Å². The van der Waals surface area contributed by atoms with E-state index in [0.29, 0.717) is 0 Å². The number of nitro benzene ring substituents is 2. The number of carbonyl (C=O) groups excluding carboxylic acids is 4. The van der Waals surface area contributed by atoms with Gasteiger partial charge in [-0.1, -0.05) is 36.4 Å². The molecular weight excluding hydrogens is 440 g/mol. The molecule has 2 heterocycles. The predicted octanol–water partition coefficient (Wildman–Crippen LogP) is 0.951. The number of nitrogens with zero attached hydrogens (tertiary/aromatic N) is 2. The smallest absolute Gasteiger partial charge is 0.328 e. The summed E-state index contributed by atoms with van der Waals surface area (Å²) >= 11 is 0. The fourth-order valence-corrected chi connectivity index (χ4v) is 4.21. The largest absolute Gasteiger partial charge is 0.329 e. The lowest BCUT2D eigenvalue weighted by Crippen LogP contribution is -2.73. The van der Waals surface area contributed by atoms with E-state index in [9.17, 15) is 39.4 Å². The van der Waals surface area contributed by atoms with Gasteiger partial charge in [0.25, 0.3) is 11.4 Å². The molecule has 33 heavy (non-hydrogen) atoms. The zero-order valence-electron chi connectivity index (χ0n) is 16.4. The minimum absolute atomic E-state index is 0.208. The third-order valence-corrected chi connectivity index (χ3v) is 5.56. The molecule has 0 saturated carbocycles. The summed E-state index contributed by atoms with van der Waals surface area (Å²) in [6.07, 6.45) is 0. The number of rotatable bonds is 4. The van der Waals surface area contributed by atoms with Crippen molar-refractivity contribution in [2.24, 2.45) is 5.41 Å². The van der Waals surface area contributed by atoms with Crippen LogP contribution < -0.4 is 21.3 Å². The van der Waals surface area contributed by atoms with E-state index in [1.807, 2.05) is 10.6 Å². The summed E-state index contributed by atoms with van der Waals surface area (Å²) in [7, 11) is 0. The normalized spacial score (nSPS) is 21.5. The number of urea groups is 2. The number of nitro groups is 2. The van der Waals surface area contributed by atoms with Crippen LogP contribution in [0.3, 0.4) is 0 Å². The Morgan fingerprint density at radius 3 is 1.45 bits per heavy atom. The average Bonchev–Trinajstić information content (AvgIpc) is 2.77. The van der Waals surface area contributed by atoms with Gasteiger partial charge in [0.05, 0.1) is 33.1 Å². The number of nitrogens with one attached hydrogen (secondary N) is 4. The lowest BCUT2D eigenvalue weighted by atomic mass is 9.65. The first-order valence-corrected chi connectivity index (χ1v) is 9.38. The Morgan fingerprint density at radius 2 is 1.06 bits per heavy atom. The van der Waals surface area contributed by atoms with Gasteiger partial charge in [-0.15, -0.1) is 0 Å². The molecule has 1 spiro atoms. The van der Waals surface area contributed by atoms with Crippen LogP contribution in [0.15, 0.2) is 48.5 Å². The Morgan fingerprint density at radius 1 is 0.667 bits per heavy atom. The molecule has 4 rings (SSSR count). The highest BCUT2D eigenvalue weighted by Gasteiger charge is 2.66. The summed E-state index contributed by atoms with van der Waals surface area (Å²) in [5.41, 5.74) is -3.88. The van der Waals surface area contributed by atoms with Crippen molar-refractivity contribution in [3.63, 3.8) is 0 Å². The van der Waals surface area contributed by atoms with E-state index in [-0.39, 0.29) is 11.1 Å². The van der Waals surface area contributed by atoms with E-state index in [4.69, 9.17) is 0 Å². The maximum Gasteiger partial charge on any atom is 0.328 e. The van der Waals surface area contributed by atoms with Crippen LogP contribution in [0.5, 0.6) is 0 Å². The summed E-state index contributed by atoms with van der Waals surface area (Å²) in [5.74, 6) is -2.40. The van der Waals surface area contributed by atoms with E-state index in [1.165, 1.54) is 36.4 Å². The van der Waals surface area contributed by atoms with Crippen LogP contribution in [0.1, 0.15) is 23.2 Å². The number of para-hydroxylation sites is 2. The summed E-state index contributed by atoms with van der Waals surface area (Å²) in [6.45, 7) is 0. The SMILES string of the molecule is O=C1NC(=O)C2(C(=O)N1)[C@@H](c1ccccc1[N+](=O)[O-])NC(=O)N[C@H]2c1ccccc1[N+](=O)[O-]. The third kappa shape index (κ3) is 3.20. The van der Waals surface area contributed by atoms with Crippen LogP contribution >= 0.6 is 0 Å². The first-order chi connectivity index (χ1) is 15.7. The van der Waals surface area contributed by atoms with Gasteiger partial charge in [0.1, 0.15) is 0 Å². The van der Waals surface area contributed by atoms with Crippen molar-refractivity contribution in [3.05, 3.63) is 79.9 Å². The van der Waals surface area contributed by atoms with E-state index in [0.717, 1.165) is 12.1 Å². The van der Waals surface area contributed by atoms with Crippen LogP contribution in [0.4, 0.5) is 21.0 Å². The fraction of sp³-hybridized carbons (Fsp3) is 0.158. The number of benzene rings is 2. The quantitative estimate of drug-likeness (QED) is 0.297. The van der Waals surface area contributed by atoms with Crippen LogP contribution in [-0.4, -0.2) is 33.7 Å². The number of carbonyl (C=O) groups is 4. The molecule has 2 saturated heterocycles. The molecule has 168 valence electrons. The molecule has 2 fully saturated rings. The molecule has 0 radical (unpaired) electrons. The number of amides is 6. The van der Waals surface area contributed by atoms with Crippen LogP contribution in [0.25, 0.3) is 0 Å². The number of imide groups is 2. The number of hydrogen-bond donors (Lipinski definition) is 4. The molecule has 2 aliphatic rings. The number of barbiturate groups is 1. The Bertz CT molecular complexity index is 1150. The van der Waals surface area contributed by atoms with Gasteiger partial charge in [0, 0.05) is 12.1 Å². The predicted molar refractivity (Wildman–Crippen MR) is 107 cm³/mol. The van der Waals surface area contributed by atoms with Crippen molar-refractivity contribution in [1.82, 2.24) is 21.3 Å². The first kappa shape index (κ1) is 21.4. The fourth-order valence-electron chi connectivity index (χ4n) is 4.21. The minimum atomic E-state index is -2.44. The van der Waals surface area contributed by atoms with Crippen molar-refractivity contribution >= 4 is 35.3 Å². The second-order valence-corrected chi connectivity index (χ2v) is 7.22. The molecule has 2 aromatic carbocycles. The summed E-state index contributed by atoms with van der Waals surface area (Å²) in [4.78, 5) is 72.8. The molecular formula is C19H14N6O8. The third-order valence-electron chi connectivity index (χ3n) is 5.56. The lowest BCUT2D eigenvalue weighted by molar-refractivity contribution is -0.386. The van der Waals surface area contributed by atoms with E-state index in [2.05, 4.69) is 10.6 Å². The Balaban J connectivity index is 2.04. The average molecular weight is 454 g/mol. The van der Waals surface area contributed by atoms with E-state index < -0.39 is 62.6 Å². The van der Waals surface area contributed by atoms with Gasteiger partial charge < -0.3 is 10.6 Å². The summed E-state index contributed by atoms with van der Waals surface area (Å²) in [6, 6.07) is 4.79. The van der Waals surface area contributed by atoms with Gasteiger partial charge in [-0.25, -0.2) is 9.59 Å². The second-order valence-electron chi connectivity index (χ2n) is 7.22. The van der Waals surface area contributed by atoms with Gasteiger partial charge in [-0.3, -0.25) is 40.5 Å². The van der Waals surface area contributed by atoms with Crippen LogP contribution in [0, 0.1) is 25.6 Å². The molecule has 0 aromatic heterocycles. The van der Waals surface area contributed by atoms with Gasteiger partial charge in [0.2, 0.25) is 11.8 Å². The highest BCUT2D eigenvalue weighted by atomic mass is 16.6. The lowest BCUT2D eigenvalue weighted by Gasteiger charge is -2.48. The molecule has 14 heteroatoms. The van der Waals surface area contributed by atoms with Crippen molar-refractivity contribution in [3.8, 4) is 0 Å². The molecule has 6 amide bonds. The molecule has 2 aromatic rings. The second kappa shape index (κ2) is 7.67. The molecule has 2 aliphatic heterocycles. The number of hydrogen-bond acceptors (Lipinski definition) is 8. The topological polar surface area (TPSA) is 203 Å². The van der Waals surface area contributed by atoms with Crippen molar-refractivity contribution in [2.75, 3.05) is 0 Å². The van der Waals surface area contributed by atoms with Crippen molar-refractivity contribution < 1.29 is 29.0 Å². The van der Waals surface area contributed by atoms with Crippen LogP contribution in [-0.2, 0) is 9.59 Å². The molecule has 14 nitrogen and oxygen atoms in total. The molecule has 0 bridgehead atoms. The monoisotopic (exact) mass is 454 g/mol. The van der Waals surface area contributed by atoms with Crippen molar-refractivity contribution in [2.45, 2.75) is 12.1 Å². The van der Waals surface area contributed by atoms with Crippen molar-refractivity contribution in [1.29, 1.82) is 0 Å². The Labute approximate surface area is 183 Å². The molecule has 2 atom stereocenters. The standard InChI is InChI=1S/C19H14N6O8/c26-15-19(16(27)23-18(29)22-15)13(9-5-1-3-7-11(9)24(30)31)20-17(28)21-14(19)10-6-2-4-8-12(10)25(32)33/h1-8,13-14H,(H2,20,21,28)(H2,22,23,26,27,29)/t13-,14+. The Kier molecular flexibility index (Phi) is 4.96. The zero-order chi connectivity index (χ0) is 23.9. The minimum Gasteiger partial charge on any atom is -0.329 e. The van der Waals surface area contributed by atoms with E-state index in [1.54, 1.807) is 0 Å². The first-order valence-electron chi connectivity index (χ1n) is 9.38. The highest BCUT2D eigenvalue weighted by molar-refractivity contribution is 6.21. The van der Waals surface area contributed by atoms with Gasteiger partial charge in [0.15, 0.2) is 5.41 Å². The zero-order valence-corrected chi connectivity index (χ0v) is 16.4. The maximum atomic E-state index is 13.3.